The van der Waals surface area contributed by atoms with Crippen LogP contribution in [0.5, 0.6) is 0 Å². The van der Waals surface area contributed by atoms with Crippen LogP contribution in [0.3, 0.4) is 0 Å². The van der Waals surface area contributed by atoms with Crippen molar-refractivity contribution in [2.75, 3.05) is 33.4 Å². The summed E-state index contributed by atoms with van der Waals surface area (Å²) in [5, 5.41) is 9.49. The zero-order valence-corrected chi connectivity index (χ0v) is 9.31. The Morgan fingerprint density at radius 1 is 1.73 bits per heavy atom. The van der Waals surface area contributed by atoms with Gasteiger partial charge in [-0.15, -0.1) is 0 Å². The summed E-state index contributed by atoms with van der Waals surface area (Å²) < 4.78 is 9.89. The van der Waals surface area contributed by atoms with Gasteiger partial charge in [-0.25, -0.2) is 4.79 Å². The lowest BCUT2D eigenvalue weighted by Gasteiger charge is -2.32. The molecule has 1 rings (SSSR count). The van der Waals surface area contributed by atoms with Crippen LogP contribution in [-0.4, -0.2) is 61.5 Å². The van der Waals surface area contributed by atoms with Crippen molar-refractivity contribution in [3.05, 3.63) is 0 Å². The molecule has 0 radical (unpaired) electrons. The number of esters is 1. The van der Waals surface area contributed by atoms with E-state index in [-0.39, 0.29) is 12.1 Å². The minimum absolute atomic E-state index is 0.332. The number of hydrogen-bond donors (Lipinski definition) is 1. The van der Waals surface area contributed by atoms with Crippen molar-refractivity contribution >= 4 is 5.97 Å². The number of ether oxygens (including phenoxy) is 2. The van der Waals surface area contributed by atoms with E-state index in [1.54, 1.807) is 0 Å². The second-order valence-electron chi connectivity index (χ2n) is 3.70. The van der Waals surface area contributed by atoms with Gasteiger partial charge < -0.3 is 14.6 Å². The van der Waals surface area contributed by atoms with Crippen LogP contribution in [0.4, 0.5) is 0 Å². The summed E-state index contributed by atoms with van der Waals surface area (Å²) in [6, 6.07) is 0. The Morgan fingerprint density at radius 3 is 3.07 bits per heavy atom. The van der Waals surface area contributed by atoms with E-state index in [2.05, 4.69) is 4.74 Å². The molecular weight excluding hydrogens is 198 g/mol. The molecule has 0 amide bonds. The molecule has 1 aliphatic heterocycles. The van der Waals surface area contributed by atoms with Crippen LogP contribution >= 0.6 is 0 Å². The maximum atomic E-state index is 11.2. The first-order valence-electron chi connectivity index (χ1n) is 5.27. The van der Waals surface area contributed by atoms with E-state index in [0.717, 1.165) is 13.0 Å². The fraction of sp³-hybridized carbons (Fsp3) is 0.900. The molecule has 0 aromatic heterocycles. The Balaban J connectivity index is 2.38. The maximum Gasteiger partial charge on any atom is 0.336 e. The maximum absolute atomic E-state index is 11.2. The van der Waals surface area contributed by atoms with E-state index < -0.39 is 6.10 Å². The van der Waals surface area contributed by atoms with Gasteiger partial charge in [-0.1, -0.05) is 6.92 Å². The summed E-state index contributed by atoms with van der Waals surface area (Å²) in [7, 11) is 1.35. The van der Waals surface area contributed by atoms with Crippen LogP contribution < -0.4 is 0 Å². The number of β-amino-alcohol motifs (C(OH)–C–C–N with tert-alkyl or cyclic N) is 1. The van der Waals surface area contributed by atoms with Crippen LogP contribution in [0.25, 0.3) is 0 Å². The molecular formula is C10H19NO4. The van der Waals surface area contributed by atoms with Crippen LogP contribution in [0.15, 0.2) is 0 Å². The number of morpholine rings is 1. The summed E-state index contributed by atoms with van der Waals surface area (Å²) in [5.41, 5.74) is 0. The standard InChI is InChI=1S/C10H19NO4/c1-3-8(12)6-11-4-5-15-9(7-11)10(13)14-2/h8-9,12H,3-7H2,1-2H3. The second-order valence-corrected chi connectivity index (χ2v) is 3.70. The molecule has 0 aromatic rings. The van der Waals surface area contributed by atoms with Gasteiger partial charge in [-0.2, -0.15) is 0 Å². The van der Waals surface area contributed by atoms with E-state index in [1.165, 1.54) is 7.11 Å². The molecule has 5 heteroatoms. The molecule has 1 N–H and O–H groups in total. The van der Waals surface area contributed by atoms with Crippen LogP contribution in [0, 0.1) is 0 Å². The van der Waals surface area contributed by atoms with Gasteiger partial charge in [-0.3, -0.25) is 4.90 Å². The zero-order chi connectivity index (χ0) is 11.3. The minimum Gasteiger partial charge on any atom is -0.467 e. The number of carbonyl (C=O) groups is 1. The fourth-order valence-corrected chi connectivity index (χ4v) is 1.57. The second kappa shape index (κ2) is 6.05. The van der Waals surface area contributed by atoms with Gasteiger partial charge in [0.1, 0.15) is 0 Å². The van der Waals surface area contributed by atoms with Crippen molar-refractivity contribution in [3.8, 4) is 0 Å². The van der Waals surface area contributed by atoms with Gasteiger partial charge in [0.2, 0.25) is 0 Å². The quantitative estimate of drug-likeness (QED) is 0.651. The Kier molecular flexibility index (Phi) is 5.01. The number of methoxy groups -OCH3 is 1. The summed E-state index contributed by atoms with van der Waals surface area (Å²) >= 11 is 0. The van der Waals surface area contributed by atoms with Crippen molar-refractivity contribution in [3.63, 3.8) is 0 Å². The predicted molar refractivity (Wildman–Crippen MR) is 54.5 cm³/mol. The third-order valence-electron chi connectivity index (χ3n) is 2.55. The largest absolute Gasteiger partial charge is 0.467 e. The summed E-state index contributed by atoms with van der Waals surface area (Å²) in [5.74, 6) is -0.342. The van der Waals surface area contributed by atoms with Crippen molar-refractivity contribution in [2.24, 2.45) is 0 Å². The van der Waals surface area contributed by atoms with E-state index in [1.807, 2.05) is 11.8 Å². The summed E-state index contributed by atoms with van der Waals surface area (Å²) in [4.78, 5) is 13.3. The summed E-state index contributed by atoms with van der Waals surface area (Å²) in [6.45, 7) is 4.29. The monoisotopic (exact) mass is 217 g/mol. The molecule has 1 aliphatic rings. The number of rotatable bonds is 4. The molecule has 1 saturated heterocycles. The highest BCUT2D eigenvalue weighted by Crippen LogP contribution is 2.08. The molecule has 2 atom stereocenters. The number of aliphatic hydroxyl groups excluding tert-OH is 1. The Labute approximate surface area is 90.0 Å². The van der Waals surface area contributed by atoms with Gasteiger partial charge in [0.25, 0.3) is 0 Å². The number of nitrogens with zero attached hydrogens (tertiary/aromatic N) is 1. The van der Waals surface area contributed by atoms with E-state index >= 15 is 0 Å². The van der Waals surface area contributed by atoms with Crippen LogP contribution in [-0.2, 0) is 14.3 Å². The molecule has 0 aromatic carbocycles. The third kappa shape index (κ3) is 3.77. The van der Waals surface area contributed by atoms with E-state index in [9.17, 15) is 9.90 Å². The van der Waals surface area contributed by atoms with E-state index in [4.69, 9.17) is 4.74 Å². The average molecular weight is 217 g/mol. The van der Waals surface area contributed by atoms with Gasteiger partial charge in [-0.05, 0) is 6.42 Å². The van der Waals surface area contributed by atoms with Gasteiger partial charge in [0.05, 0.1) is 19.8 Å². The SMILES string of the molecule is CCC(O)CN1CCOC(C(=O)OC)C1. The van der Waals surface area contributed by atoms with E-state index in [0.29, 0.717) is 19.7 Å². The highest BCUT2D eigenvalue weighted by atomic mass is 16.6. The third-order valence-corrected chi connectivity index (χ3v) is 2.55. The first-order valence-corrected chi connectivity index (χ1v) is 5.27. The van der Waals surface area contributed by atoms with Gasteiger partial charge in [0.15, 0.2) is 6.10 Å². The van der Waals surface area contributed by atoms with Crippen molar-refractivity contribution in [2.45, 2.75) is 25.6 Å². The predicted octanol–water partition coefficient (Wildman–Crippen LogP) is -0.369. The zero-order valence-electron chi connectivity index (χ0n) is 9.31. The molecule has 0 saturated carbocycles. The molecule has 0 bridgehead atoms. The molecule has 0 spiro atoms. The highest BCUT2D eigenvalue weighted by Gasteiger charge is 2.27. The first-order chi connectivity index (χ1) is 7.17. The van der Waals surface area contributed by atoms with Crippen molar-refractivity contribution in [1.82, 2.24) is 4.90 Å². The number of hydrogen-bond acceptors (Lipinski definition) is 5. The smallest absolute Gasteiger partial charge is 0.336 e. The summed E-state index contributed by atoms with van der Waals surface area (Å²) in [6.07, 6.45) is -0.116. The lowest BCUT2D eigenvalue weighted by molar-refractivity contribution is -0.160. The lowest BCUT2D eigenvalue weighted by Crippen LogP contribution is -2.48. The van der Waals surface area contributed by atoms with Crippen molar-refractivity contribution in [1.29, 1.82) is 0 Å². The molecule has 5 nitrogen and oxygen atoms in total. The Bertz CT molecular complexity index is 210. The molecule has 2 unspecified atom stereocenters. The van der Waals surface area contributed by atoms with Crippen LogP contribution in [0.2, 0.25) is 0 Å². The number of aliphatic hydroxyl groups is 1. The molecule has 0 aliphatic carbocycles. The molecule has 1 heterocycles. The number of carbonyl (C=O) groups excluding carboxylic acids is 1. The Hall–Kier alpha value is -0.650. The normalized spacial score (nSPS) is 24.9. The molecule has 15 heavy (non-hydrogen) atoms. The topological polar surface area (TPSA) is 59.0 Å². The van der Waals surface area contributed by atoms with Crippen LogP contribution in [0.1, 0.15) is 13.3 Å². The fourth-order valence-electron chi connectivity index (χ4n) is 1.57. The Morgan fingerprint density at radius 2 is 2.47 bits per heavy atom. The van der Waals surface area contributed by atoms with Crippen molar-refractivity contribution < 1.29 is 19.4 Å². The highest BCUT2D eigenvalue weighted by molar-refractivity contribution is 5.74. The lowest BCUT2D eigenvalue weighted by atomic mass is 10.2. The molecule has 88 valence electrons. The molecule has 1 fully saturated rings. The van der Waals surface area contributed by atoms with Gasteiger partial charge >= 0.3 is 5.97 Å². The minimum atomic E-state index is -0.507. The van der Waals surface area contributed by atoms with Gasteiger partial charge in [0, 0.05) is 19.6 Å². The first kappa shape index (κ1) is 12.4. The average Bonchev–Trinajstić information content (AvgIpc) is 2.28.